The lowest BCUT2D eigenvalue weighted by Crippen LogP contribution is -2.42. The van der Waals surface area contributed by atoms with Crippen molar-refractivity contribution in [1.29, 1.82) is 0 Å². The largest absolute Gasteiger partial charge is 0.486 e. The highest BCUT2D eigenvalue weighted by Gasteiger charge is 2.31. The van der Waals surface area contributed by atoms with Crippen molar-refractivity contribution in [2.24, 2.45) is 11.8 Å². The number of halogens is 1. The molecule has 2 aromatic rings. The Morgan fingerprint density at radius 3 is 2.23 bits per heavy atom. The van der Waals surface area contributed by atoms with E-state index in [0.717, 1.165) is 6.42 Å². The number of piperidine rings is 1. The summed E-state index contributed by atoms with van der Waals surface area (Å²) < 4.78 is 38.6. The van der Waals surface area contributed by atoms with Crippen molar-refractivity contribution in [2.75, 3.05) is 31.6 Å². The predicted octanol–water partition coefficient (Wildman–Crippen LogP) is 4.03. The third-order valence-corrected chi connectivity index (χ3v) is 7.63. The average molecular weight is 465 g/mol. The van der Waals surface area contributed by atoms with Crippen LogP contribution in [0.2, 0.25) is 5.02 Å². The molecule has 1 saturated heterocycles. The van der Waals surface area contributed by atoms with Crippen LogP contribution in [-0.2, 0) is 10.0 Å². The Morgan fingerprint density at radius 2 is 1.61 bits per heavy atom. The number of amides is 1. The van der Waals surface area contributed by atoms with Gasteiger partial charge >= 0.3 is 0 Å². The Labute approximate surface area is 187 Å². The molecular weight excluding hydrogens is 440 g/mol. The summed E-state index contributed by atoms with van der Waals surface area (Å²) in [6, 6.07) is 9.17. The van der Waals surface area contributed by atoms with Crippen LogP contribution in [0.1, 0.15) is 30.6 Å². The highest BCUT2D eigenvalue weighted by molar-refractivity contribution is 7.89. The number of fused-ring (bicyclic) bond motifs is 1. The van der Waals surface area contributed by atoms with Crippen LogP contribution in [-0.4, -0.2) is 44.9 Å². The molecule has 4 rings (SSSR count). The number of nitrogens with zero attached hydrogens (tertiary/aromatic N) is 1. The number of sulfonamides is 1. The van der Waals surface area contributed by atoms with Crippen molar-refractivity contribution in [1.82, 2.24) is 4.31 Å². The summed E-state index contributed by atoms with van der Waals surface area (Å²) in [5.74, 6) is 1.28. The van der Waals surface area contributed by atoms with Crippen LogP contribution in [0.15, 0.2) is 41.3 Å². The van der Waals surface area contributed by atoms with E-state index in [-0.39, 0.29) is 4.90 Å². The van der Waals surface area contributed by atoms with Gasteiger partial charge in [0, 0.05) is 30.8 Å². The first-order valence-electron chi connectivity index (χ1n) is 10.2. The van der Waals surface area contributed by atoms with E-state index in [4.69, 9.17) is 21.1 Å². The second-order valence-corrected chi connectivity index (χ2v) is 10.6. The summed E-state index contributed by atoms with van der Waals surface area (Å²) in [6.45, 7) is 6.02. The molecule has 0 aliphatic carbocycles. The summed E-state index contributed by atoms with van der Waals surface area (Å²) in [5.41, 5.74) is 0.717. The molecule has 0 radical (unpaired) electrons. The lowest BCUT2D eigenvalue weighted by molar-refractivity contribution is 0.102. The molecule has 0 saturated carbocycles. The van der Waals surface area contributed by atoms with Crippen molar-refractivity contribution in [2.45, 2.75) is 25.2 Å². The molecule has 9 heteroatoms. The Kier molecular flexibility index (Phi) is 6.14. The number of hydrogen-bond acceptors (Lipinski definition) is 5. The number of benzene rings is 2. The first-order valence-corrected chi connectivity index (χ1v) is 12.1. The lowest BCUT2D eigenvalue weighted by atomic mass is 9.94. The molecule has 2 aliphatic heterocycles. The molecule has 7 nitrogen and oxygen atoms in total. The fourth-order valence-corrected chi connectivity index (χ4v) is 5.96. The van der Waals surface area contributed by atoms with Crippen molar-refractivity contribution < 1.29 is 22.7 Å². The Morgan fingerprint density at radius 1 is 1.03 bits per heavy atom. The lowest BCUT2D eigenvalue weighted by Gasteiger charge is -2.34. The van der Waals surface area contributed by atoms with E-state index in [0.29, 0.717) is 65.9 Å². The van der Waals surface area contributed by atoms with E-state index in [9.17, 15) is 13.2 Å². The highest BCUT2D eigenvalue weighted by Crippen LogP contribution is 2.38. The fourth-order valence-electron chi connectivity index (χ4n) is 4.08. The average Bonchev–Trinajstić information content (AvgIpc) is 2.73. The molecule has 166 valence electrons. The minimum Gasteiger partial charge on any atom is -0.486 e. The minimum absolute atomic E-state index is 0.183. The summed E-state index contributed by atoms with van der Waals surface area (Å²) in [4.78, 5) is 12.9. The molecule has 1 amide bonds. The topological polar surface area (TPSA) is 84.9 Å². The molecule has 0 bridgehead atoms. The number of ether oxygens (including phenoxy) is 2. The second kappa shape index (κ2) is 8.68. The summed E-state index contributed by atoms with van der Waals surface area (Å²) in [7, 11) is -3.60. The first kappa shape index (κ1) is 21.9. The normalized spacial score (nSPS) is 21.5. The van der Waals surface area contributed by atoms with Gasteiger partial charge in [-0.2, -0.15) is 4.31 Å². The Hall–Kier alpha value is -2.29. The van der Waals surface area contributed by atoms with Gasteiger partial charge in [-0.15, -0.1) is 0 Å². The number of rotatable bonds is 4. The van der Waals surface area contributed by atoms with Crippen LogP contribution in [0, 0.1) is 11.8 Å². The van der Waals surface area contributed by atoms with Crippen molar-refractivity contribution in [3.8, 4) is 11.5 Å². The van der Waals surface area contributed by atoms with Gasteiger partial charge in [0.25, 0.3) is 5.91 Å². The van der Waals surface area contributed by atoms with Crippen LogP contribution < -0.4 is 14.8 Å². The van der Waals surface area contributed by atoms with Crippen molar-refractivity contribution in [3.63, 3.8) is 0 Å². The zero-order valence-electron chi connectivity index (χ0n) is 17.4. The smallest absolute Gasteiger partial charge is 0.255 e. The maximum absolute atomic E-state index is 13.0. The zero-order valence-corrected chi connectivity index (χ0v) is 19.0. The Bertz CT molecular complexity index is 1080. The summed E-state index contributed by atoms with van der Waals surface area (Å²) in [6.07, 6.45) is 1.02. The van der Waals surface area contributed by atoms with E-state index < -0.39 is 15.9 Å². The number of nitrogens with one attached hydrogen (secondary N) is 1. The molecule has 2 heterocycles. The molecular formula is C22H25ClN2O5S. The van der Waals surface area contributed by atoms with Crippen LogP contribution >= 0.6 is 11.6 Å². The third kappa shape index (κ3) is 4.66. The zero-order chi connectivity index (χ0) is 22.2. The third-order valence-electron chi connectivity index (χ3n) is 5.47. The first-order chi connectivity index (χ1) is 14.7. The molecule has 2 aromatic carbocycles. The molecule has 2 atom stereocenters. The number of carbonyl (C=O) groups is 1. The highest BCUT2D eigenvalue weighted by atomic mass is 35.5. The molecule has 0 spiro atoms. The van der Waals surface area contributed by atoms with E-state index >= 15 is 0 Å². The van der Waals surface area contributed by atoms with Crippen molar-refractivity contribution >= 4 is 33.2 Å². The van der Waals surface area contributed by atoms with E-state index in [1.807, 2.05) is 0 Å². The van der Waals surface area contributed by atoms with Gasteiger partial charge in [-0.05, 0) is 42.5 Å². The van der Waals surface area contributed by atoms with Gasteiger partial charge in [-0.1, -0.05) is 25.4 Å². The van der Waals surface area contributed by atoms with Crippen LogP contribution in [0.5, 0.6) is 11.5 Å². The van der Waals surface area contributed by atoms with Gasteiger partial charge in [0.2, 0.25) is 10.0 Å². The quantitative estimate of drug-likeness (QED) is 0.738. The predicted molar refractivity (Wildman–Crippen MR) is 119 cm³/mol. The molecule has 2 aliphatic rings. The van der Waals surface area contributed by atoms with Crippen LogP contribution in [0.3, 0.4) is 0 Å². The molecule has 1 fully saturated rings. The monoisotopic (exact) mass is 464 g/mol. The van der Waals surface area contributed by atoms with Gasteiger partial charge in [-0.3, -0.25) is 4.79 Å². The molecule has 0 aromatic heterocycles. The summed E-state index contributed by atoms with van der Waals surface area (Å²) >= 11 is 6.25. The van der Waals surface area contributed by atoms with E-state index in [2.05, 4.69) is 19.2 Å². The number of carbonyl (C=O) groups excluding carboxylic acids is 1. The van der Waals surface area contributed by atoms with E-state index in [1.165, 1.54) is 28.6 Å². The van der Waals surface area contributed by atoms with Gasteiger partial charge in [-0.25, -0.2) is 8.42 Å². The van der Waals surface area contributed by atoms with Gasteiger partial charge in [0.05, 0.1) is 15.6 Å². The fraction of sp³-hybridized carbons (Fsp3) is 0.409. The molecule has 2 unspecified atom stereocenters. The van der Waals surface area contributed by atoms with Gasteiger partial charge in [0.15, 0.2) is 11.5 Å². The maximum atomic E-state index is 13.0. The number of anilines is 1. The van der Waals surface area contributed by atoms with Gasteiger partial charge in [0.1, 0.15) is 13.2 Å². The van der Waals surface area contributed by atoms with E-state index in [1.54, 1.807) is 12.1 Å². The second-order valence-electron chi connectivity index (χ2n) is 8.22. The van der Waals surface area contributed by atoms with Crippen LogP contribution in [0.25, 0.3) is 0 Å². The molecule has 1 N–H and O–H groups in total. The van der Waals surface area contributed by atoms with Crippen molar-refractivity contribution in [3.05, 3.63) is 47.0 Å². The van der Waals surface area contributed by atoms with Crippen LogP contribution in [0.4, 0.5) is 5.69 Å². The Balaban J connectivity index is 1.50. The standard InChI is InChI=1S/C22H25ClN2O5S/c1-14-9-15(2)13-25(12-14)31(27,28)17-5-3-16(4-6-17)22(26)24-19-11-21-20(10-18(19)23)29-7-8-30-21/h3-6,10-11,14-15H,7-9,12-13H2,1-2H3,(H,24,26). The SMILES string of the molecule is CC1CC(C)CN(S(=O)(=O)c2ccc(C(=O)Nc3cc4c(cc3Cl)OCCO4)cc2)C1. The minimum atomic E-state index is -3.60. The number of hydrogen-bond donors (Lipinski definition) is 1. The summed E-state index contributed by atoms with van der Waals surface area (Å²) in [5, 5.41) is 3.07. The molecule has 31 heavy (non-hydrogen) atoms. The maximum Gasteiger partial charge on any atom is 0.255 e. The van der Waals surface area contributed by atoms with Gasteiger partial charge < -0.3 is 14.8 Å².